The fourth-order valence-corrected chi connectivity index (χ4v) is 3.99. The van der Waals surface area contributed by atoms with Crippen LogP contribution in [0, 0.1) is 12.7 Å². The van der Waals surface area contributed by atoms with Gasteiger partial charge in [-0.1, -0.05) is 6.07 Å². The molecule has 152 valence electrons. The number of amides is 1. The lowest BCUT2D eigenvalue weighted by Gasteiger charge is -2.08. The van der Waals surface area contributed by atoms with Gasteiger partial charge < -0.3 is 5.32 Å². The van der Waals surface area contributed by atoms with Gasteiger partial charge in [-0.05, 0) is 66.4 Å². The van der Waals surface area contributed by atoms with E-state index in [4.69, 9.17) is 4.98 Å². The van der Waals surface area contributed by atoms with Gasteiger partial charge >= 0.3 is 0 Å². The van der Waals surface area contributed by atoms with E-state index in [-0.39, 0.29) is 11.7 Å². The van der Waals surface area contributed by atoms with Crippen LogP contribution in [0.15, 0.2) is 72.4 Å². The number of rotatable bonds is 4. The predicted molar refractivity (Wildman–Crippen MR) is 119 cm³/mol. The number of nitrogens with one attached hydrogen (secondary N) is 1. The van der Waals surface area contributed by atoms with Crippen LogP contribution in [0.3, 0.4) is 0 Å². The van der Waals surface area contributed by atoms with Crippen molar-refractivity contribution in [2.45, 2.75) is 6.92 Å². The van der Waals surface area contributed by atoms with Gasteiger partial charge in [-0.2, -0.15) is 5.10 Å². The van der Waals surface area contributed by atoms with Gasteiger partial charge in [-0.25, -0.2) is 18.9 Å². The van der Waals surface area contributed by atoms with E-state index >= 15 is 0 Å². The molecule has 0 fully saturated rings. The minimum absolute atomic E-state index is 0.217. The number of nitrogens with zero attached hydrogens (tertiary/aromatic N) is 4. The van der Waals surface area contributed by atoms with Crippen LogP contribution in [0.1, 0.15) is 15.2 Å². The second-order valence-electron chi connectivity index (χ2n) is 6.93. The Balaban J connectivity index is 1.63. The molecule has 0 bridgehead atoms. The van der Waals surface area contributed by atoms with Gasteiger partial charge in [0.25, 0.3) is 5.91 Å². The van der Waals surface area contributed by atoms with Crippen LogP contribution in [-0.4, -0.2) is 25.5 Å². The first-order chi connectivity index (χ1) is 15.1. The van der Waals surface area contributed by atoms with Crippen molar-refractivity contribution in [2.24, 2.45) is 0 Å². The molecule has 0 aliphatic carbocycles. The van der Waals surface area contributed by atoms with E-state index in [2.05, 4.69) is 15.4 Å². The fourth-order valence-electron chi connectivity index (χ4n) is 3.37. The van der Waals surface area contributed by atoms with Crippen LogP contribution in [0.4, 0.5) is 10.2 Å². The molecule has 0 atom stereocenters. The summed E-state index contributed by atoms with van der Waals surface area (Å²) in [6.45, 7) is 1.72. The number of carbonyl (C=O) groups is 1. The molecule has 0 spiro atoms. The average molecular weight is 429 g/mol. The number of benzene rings is 1. The van der Waals surface area contributed by atoms with Gasteiger partial charge in [0.2, 0.25) is 0 Å². The number of anilines is 1. The molecule has 5 rings (SSSR count). The molecule has 0 saturated carbocycles. The molecule has 1 aromatic carbocycles. The highest BCUT2D eigenvalue weighted by Crippen LogP contribution is 2.33. The summed E-state index contributed by atoms with van der Waals surface area (Å²) in [5, 5.41) is 9.13. The molecule has 4 aromatic heterocycles. The van der Waals surface area contributed by atoms with Crippen molar-refractivity contribution in [3.8, 4) is 22.5 Å². The number of halogens is 1. The molecule has 6 nitrogen and oxygen atoms in total. The van der Waals surface area contributed by atoms with Crippen molar-refractivity contribution in [2.75, 3.05) is 5.32 Å². The summed E-state index contributed by atoms with van der Waals surface area (Å²) in [6, 6.07) is 15.8. The Kier molecular flexibility index (Phi) is 4.76. The third-order valence-corrected chi connectivity index (χ3v) is 5.71. The van der Waals surface area contributed by atoms with Gasteiger partial charge in [0.15, 0.2) is 5.65 Å². The van der Waals surface area contributed by atoms with Gasteiger partial charge in [-0.15, -0.1) is 11.3 Å². The summed E-state index contributed by atoms with van der Waals surface area (Å²) >= 11 is 1.36. The highest BCUT2D eigenvalue weighted by Gasteiger charge is 2.18. The zero-order valence-electron chi connectivity index (χ0n) is 16.4. The molecule has 0 unspecified atom stereocenters. The van der Waals surface area contributed by atoms with Crippen LogP contribution >= 0.6 is 11.3 Å². The first-order valence-corrected chi connectivity index (χ1v) is 10.4. The van der Waals surface area contributed by atoms with Gasteiger partial charge in [0.1, 0.15) is 17.3 Å². The van der Waals surface area contributed by atoms with E-state index in [0.29, 0.717) is 27.6 Å². The molecule has 0 saturated heterocycles. The summed E-state index contributed by atoms with van der Waals surface area (Å²) in [4.78, 5) is 22.1. The second-order valence-corrected chi connectivity index (χ2v) is 7.88. The summed E-state index contributed by atoms with van der Waals surface area (Å²) < 4.78 is 15.6. The molecular weight excluding hydrogens is 413 g/mol. The highest BCUT2D eigenvalue weighted by molar-refractivity contribution is 7.12. The second kappa shape index (κ2) is 7.73. The van der Waals surface area contributed by atoms with Crippen LogP contribution in [0.5, 0.6) is 0 Å². The largest absolute Gasteiger partial charge is 0.306 e. The first kappa shape index (κ1) is 19.1. The molecule has 4 heterocycles. The quantitative estimate of drug-likeness (QED) is 0.425. The Bertz CT molecular complexity index is 1410. The molecule has 0 aliphatic rings. The molecule has 0 radical (unpaired) electrons. The van der Waals surface area contributed by atoms with E-state index in [1.54, 1.807) is 48.1 Å². The van der Waals surface area contributed by atoms with Gasteiger partial charge in [0.05, 0.1) is 10.6 Å². The standard InChI is InChI=1S/C23H16FN5OS/c1-14-12-15(6-7-17(14)24)21-22(29-20(28-21)5-2-9-26-29)16-8-10-25-19(13-16)27-23(30)18-4-3-11-31-18/h2-13H,1H3,(H,25,27,30). The summed E-state index contributed by atoms with van der Waals surface area (Å²) in [5.41, 5.74) is 4.15. The van der Waals surface area contributed by atoms with Crippen LogP contribution in [0.25, 0.3) is 28.2 Å². The van der Waals surface area contributed by atoms with Gasteiger partial charge in [-0.3, -0.25) is 4.79 Å². The third kappa shape index (κ3) is 3.57. The van der Waals surface area contributed by atoms with E-state index in [9.17, 15) is 9.18 Å². The number of hydrogen-bond donors (Lipinski definition) is 1. The van der Waals surface area contributed by atoms with Crippen molar-refractivity contribution in [3.05, 3.63) is 88.6 Å². The number of hydrogen-bond acceptors (Lipinski definition) is 5. The average Bonchev–Trinajstić information content (AvgIpc) is 3.44. The molecule has 31 heavy (non-hydrogen) atoms. The number of aryl methyl sites for hydroxylation is 1. The van der Waals surface area contributed by atoms with Crippen molar-refractivity contribution in [1.29, 1.82) is 0 Å². The lowest BCUT2D eigenvalue weighted by atomic mass is 10.0. The van der Waals surface area contributed by atoms with Crippen LogP contribution in [-0.2, 0) is 0 Å². The molecule has 0 aliphatic heterocycles. The van der Waals surface area contributed by atoms with Crippen molar-refractivity contribution >= 4 is 28.7 Å². The molecule has 1 N–H and O–H groups in total. The maximum Gasteiger partial charge on any atom is 0.266 e. The lowest BCUT2D eigenvalue weighted by molar-refractivity contribution is 0.103. The van der Waals surface area contributed by atoms with Crippen molar-refractivity contribution in [3.63, 3.8) is 0 Å². The van der Waals surface area contributed by atoms with Crippen molar-refractivity contribution < 1.29 is 9.18 Å². The minimum atomic E-state index is -0.269. The summed E-state index contributed by atoms with van der Waals surface area (Å²) in [5.74, 6) is -0.0667. The molecule has 5 aromatic rings. The topological polar surface area (TPSA) is 72.2 Å². The van der Waals surface area contributed by atoms with E-state index in [1.807, 2.05) is 29.6 Å². The summed E-state index contributed by atoms with van der Waals surface area (Å²) in [7, 11) is 0. The normalized spacial score (nSPS) is 11.0. The number of pyridine rings is 1. The third-order valence-electron chi connectivity index (χ3n) is 4.84. The number of aromatic nitrogens is 4. The summed E-state index contributed by atoms with van der Waals surface area (Å²) in [6.07, 6.45) is 3.31. The molecule has 8 heteroatoms. The van der Waals surface area contributed by atoms with E-state index < -0.39 is 0 Å². The molecular formula is C23H16FN5OS. The first-order valence-electron chi connectivity index (χ1n) is 9.52. The zero-order valence-corrected chi connectivity index (χ0v) is 17.2. The molecule has 1 amide bonds. The predicted octanol–water partition coefficient (Wildman–Crippen LogP) is 5.22. The maximum absolute atomic E-state index is 13.8. The zero-order chi connectivity index (χ0) is 21.4. The number of carbonyl (C=O) groups excluding carboxylic acids is 1. The SMILES string of the molecule is Cc1cc(-c2nc3cccnn3c2-c2ccnc(NC(=O)c3cccs3)c2)ccc1F. The Morgan fingerprint density at radius 2 is 1.97 bits per heavy atom. The Morgan fingerprint density at radius 3 is 2.77 bits per heavy atom. The lowest BCUT2D eigenvalue weighted by Crippen LogP contribution is -2.11. The van der Waals surface area contributed by atoms with Crippen LogP contribution < -0.4 is 5.32 Å². The van der Waals surface area contributed by atoms with Crippen LogP contribution in [0.2, 0.25) is 0 Å². The fraction of sp³-hybridized carbons (Fsp3) is 0.0435. The number of fused-ring (bicyclic) bond motifs is 1. The Labute approximate surface area is 181 Å². The van der Waals surface area contributed by atoms with E-state index in [0.717, 1.165) is 16.8 Å². The van der Waals surface area contributed by atoms with Crippen molar-refractivity contribution in [1.82, 2.24) is 19.6 Å². The minimum Gasteiger partial charge on any atom is -0.306 e. The van der Waals surface area contributed by atoms with E-state index in [1.165, 1.54) is 17.4 Å². The maximum atomic E-state index is 13.8. The Hall–Kier alpha value is -3.91. The van der Waals surface area contributed by atoms with Gasteiger partial charge in [0, 0.05) is 23.5 Å². The number of imidazole rings is 1. The number of thiophene rings is 1. The monoisotopic (exact) mass is 429 g/mol. The highest BCUT2D eigenvalue weighted by atomic mass is 32.1. The Morgan fingerprint density at radius 1 is 1.06 bits per heavy atom. The smallest absolute Gasteiger partial charge is 0.266 e.